The molecule has 0 aliphatic heterocycles. The number of rotatable bonds is 4. The molecule has 1 atom stereocenters. The molecule has 1 rings (SSSR count). The highest BCUT2D eigenvalue weighted by molar-refractivity contribution is 6.36. The van der Waals surface area contributed by atoms with E-state index in [9.17, 15) is 8.78 Å². The molecule has 0 amide bonds. The first-order valence-corrected chi connectivity index (χ1v) is 5.45. The second kappa shape index (κ2) is 5.47. The molecule has 1 unspecified atom stereocenters. The minimum Gasteiger partial charge on any atom is -0.271 e. The van der Waals surface area contributed by atoms with Crippen LogP contribution in [0.15, 0.2) is 18.2 Å². The minimum atomic E-state index is -3.47. The van der Waals surface area contributed by atoms with E-state index in [0.29, 0.717) is 15.6 Å². The predicted molar refractivity (Wildman–Crippen MR) is 62.1 cm³/mol. The number of hydrogen-bond acceptors (Lipinski definition) is 2. The van der Waals surface area contributed by atoms with Gasteiger partial charge in [-0.2, -0.15) is 8.78 Å². The van der Waals surface area contributed by atoms with Crippen LogP contribution in [-0.4, -0.2) is 11.4 Å². The van der Waals surface area contributed by atoms with Crippen LogP contribution in [0.5, 0.6) is 0 Å². The van der Waals surface area contributed by atoms with Gasteiger partial charge in [0.2, 0.25) is 0 Å². The van der Waals surface area contributed by atoms with Crippen LogP contribution in [0, 0.1) is 0 Å². The number of hydrogen-bond donors (Lipinski definition) is 2. The van der Waals surface area contributed by atoms with Crippen molar-refractivity contribution < 1.29 is 8.78 Å². The molecule has 0 heterocycles. The Labute approximate surface area is 107 Å². The van der Waals surface area contributed by atoms with Crippen molar-refractivity contribution in [3.05, 3.63) is 33.8 Å². The summed E-state index contributed by atoms with van der Waals surface area (Å²) in [6.07, 6.45) is -0.161. The number of benzene rings is 1. The molecule has 0 saturated carbocycles. The van der Waals surface area contributed by atoms with E-state index >= 15 is 0 Å². The van der Waals surface area contributed by atoms with E-state index in [1.54, 1.807) is 18.2 Å². The molecule has 0 fully saturated rings. The Morgan fingerprint density at radius 1 is 1.31 bits per heavy atom. The smallest absolute Gasteiger partial charge is 0.271 e. The van der Waals surface area contributed by atoms with Crippen LogP contribution >= 0.6 is 34.8 Å². The molecule has 0 aliphatic rings. The summed E-state index contributed by atoms with van der Waals surface area (Å²) in [6.45, 7) is 0. The summed E-state index contributed by atoms with van der Waals surface area (Å²) in [5.74, 6) is 5.01. The zero-order valence-corrected chi connectivity index (χ0v) is 10.3. The fraction of sp³-hybridized carbons (Fsp3) is 0.333. The Balaban J connectivity index is 2.95. The highest BCUT2D eigenvalue weighted by Crippen LogP contribution is 2.31. The third kappa shape index (κ3) is 3.43. The molecule has 3 N–H and O–H groups in total. The van der Waals surface area contributed by atoms with Gasteiger partial charge in [0, 0.05) is 10.0 Å². The quantitative estimate of drug-likeness (QED) is 0.507. The van der Waals surface area contributed by atoms with E-state index in [0.717, 1.165) is 0 Å². The van der Waals surface area contributed by atoms with Crippen LogP contribution in [0.4, 0.5) is 8.78 Å². The highest BCUT2D eigenvalue weighted by Gasteiger charge is 2.37. The molecule has 1 aromatic carbocycles. The standard InChI is InChI=1S/C9H9Cl3F2N2/c10-6-2-1-3-7(11)5(6)4-8(16-15)9(12,13)14/h1-3,8,16H,4,15H2. The van der Waals surface area contributed by atoms with Crippen molar-refractivity contribution in [3.63, 3.8) is 0 Å². The maximum atomic E-state index is 12.9. The topological polar surface area (TPSA) is 38.0 Å². The number of nitrogens with two attached hydrogens (primary N) is 1. The molecule has 90 valence electrons. The number of alkyl halides is 3. The van der Waals surface area contributed by atoms with Gasteiger partial charge in [-0.1, -0.05) is 29.3 Å². The van der Waals surface area contributed by atoms with E-state index in [-0.39, 0.29) is 6.42 Å². The monoisotopic (exact) mass is 288 g/mol. The minimum absolute atomic E-state index is 0.161. The first kappa shape index (κ1) is 13.9. The fourth-order valence-electron chi connectivity index (χ4n) is 1.20. The van der Waals surface area contributed by atoms with Crippen molar-refractivity contribution in [3.8, 4) is 0 Å². The lowest BCUT2D eigenvalue weighted by Crippen LogP contribution is -2.47. The van der Waals surface area contributed by atoms with Gasteiger partial charge in [-0.3, -0.25) is 5.84 Å². The number of hydrazine groups is 1. The molecule has 0 radical (unpaired) electrons. The summed E-state index contributed by atoms with van der Waals surface area (Å²) in [6, 6.07) is 3.30. The molecule has 0 bridgehead atoms. The fourth-order valence-corrected chi connectivity index (χ4v) is 1.89. The summed E-state index contributed by atoms with van der Waals surface area (Å²) in [4.78, 5) is 0. The van der Waals surface area contributed by atoms with Crippen LogP contribution in [-0.2, 0) is 6.42 Å². The van der Waals surface area contributed by atoms with Gasteiger partial charge >= 0.3 is 5.38 Å². The molecule has 2 nitrogen and oxygen atoms in total. The molecule has 0 saturated heterocycles. The predicted octanol–water partition coefficient (Wildman–Crippen LogP) is 3.20. The maximum Gasteiger partial charge on any atom is 0.338 e. The van der Waals surface area contributed by atoms with E-state index in [1.807, 2.05) is 5.43 Å². The van der Waals surface area contributed by atoms with E-state index in [2.05, 4.69) is 0 Å². The van der Waals surface area contributed by atoms with Gasteiger partial charge in [-0.25, -0.2) is 5.43 Å². The highest BCUT2D eigenvalue weighted by atomic mass is 35.5. The van der Waals surface area contributed by atoms with Gasteiger partial charge in [-0.15, -0.1) is 0 Å². The first-order chi connectivity index (χ1) is 7.36. The average molecular weight is 290 g/mol. The van der Waals surface area contributed by atoms with Crippen molar-refractivity contribution in [2.24, 2.45) is 5.84 Å². The zero-order chi connectivity index (χ0) is 12.3. The van der Waals surface area contributed by atoms with Gasteiger partial charge in [0.1, 0.15) is 6.04 Å². The van der Waals surface area contributed by atoms with E-state index in [1.165, 1.54) is 0 Å². The molecule has 0 aromatic heterocycles. The molecular formula is C9H9Cl3F2N2. The number of nitrogens with one attached hydrogen (secondary N) is 1. The lowest BCUT2D eigenvalue weighted by Gasteiger charge is -2.21. The summed E-state index contributed by atoms with van der Waals surface area (Å²) in [7, 11) is 0. The Hall–Kier alpha value is -0.130. The van der Waals surface area contributed by atoms with Gasteiger partial charge in [0.25, 0.3) is 0 Å². The van der Waals surface area contributed by atoms with Gasteiger partial charge in [-0.05, 0) is 35.7 Å². The summed E-state index contributed by atoms with van der Waals surface area (Å²) in [5, 5.41) is -2.88. The summed E-state index contributed by atoms with van der Waals surface area (Å²) < 4.78 is 25.7. The summed E-state index contributed by atoms with van der Waals surface area (Å²) >= 11 is 16.6. The van der Waals surface area contributed by atoms with Gasteiger partial charge in [0.15, 0.2) is 0 Å². The maximum absolute atomic E-state index is 12.9. The Bertz CT molecular complexity index is 348. The lowest BCUT2D eigenvalue weighted by molar-refractivity contribution is 0.0503. The molecule has 7 heteroatoms. The Morgan fingerprint density at radius 3 is 2.19 bits per heavy atom. The third-order valence-corrected chi connectivity index (χ3v) is 3.04. The van der Waals surface area contributed by atoms with Crippen molar-refractivity contribution >= 4 is 34.8 Å². The number of halogens is 5. The average Bonchev–Trinajstić information content (AvgIpc) is 2.15. The van der Waals surface area contributed by atoms with Crippen molar-refractivity contribution in [2.45, 2.75) is 17.8 Å². The third-order valence-electron chi connectivity index (χ3n) is 2.07. The Kier molecular flexibility index (Phi) is 4.76. The Morgan fingerprint density at radius 2 is 1.81 bits per heavy atom. The van der Waals surface area contributed by atoms with Gasteiger partial charge in [0.05, 0.1) is 0 Å². The molecule has 0 spiro atoms. The SMILES string of the molecule is NNC(Cc1c(Cl)cccc1Cl)C(F)(F)Cl. The van der Waals surface area contributed by atoms with Crippen molar-refractivity contribution in [2.75, 3.05) is 0 Å². The van der Waals surface area contributed by atoms with Crippen LogP contribution in [0.1, 0.15) is 5.56 Å². The lowest BCUT2D eigenvalue weighted by atomic mass is 10.1. The van der Waals surface area contributed by atoms with Crippen LogP contribution in [0.25, 0.3) is 0 Å². The van der Waals surface area contributed by atoms with Crippen LogP contribution in [0.3, 0.4) is 0 Å². The van der Waals surface area contributed by atoms with Gasteiger partial charge < -0.3 is 0 Å². The van der Waals surface area contributed by atoms with Crippen molar-refractivity contribution in [1.82, 2.24) is 5.43 Å². The summed E-state index contributed by atoms with van der Waals surface area (Å²) in [5.41, 5.74) is 2.33. The van der Waals surface area contributed by atoms with Crippen LogP contribution < -0.4 is 11.3 Å². The molecule has 1 aromatic rings. The van der Waals surface area contributed by atoms with Crippen LogP contribution in [0.2, 0.25) is 10.0 Å². The molecular weight excluding hydrogens is 280 g/mol. The molecule has 0 aliphatic carbocycles. The van der Waals surface area contributed by atoms with E-state index < -0.39 is 11.4 Å². The largest absolute Gasteiger partial charge is 0.338 e. The van der Waals surface area contributed by atoms with E-state index in [4.69, 9.17) is 40.6 Å². The van der Waals surface area contributed by atoms with Crippen molar-refractivity contribution in [1.29, 1.82) is 0 Å². The second-order valence-electron chi connectivity index (χ2n) is 3.17. The first-order valence-electron chi connectivity index (χ1n) is 4.32. The zero-order valence-electron chi connectivity index (χ0n) is 7.98. The molecule has 16 heavy (non-hydrogen) atoms. The normalized spacial score (nSPS) is 13.9. The second-order valence-corrected chi connectivity index (χ2v) is 4.48.